The summed E-state index contributed by atoms with van der Waals surface area (Å²) in [4.78, 5) is 4.32. The molecule has 0 radical (unpaired) electrons. The Morgan fingerprint density at radius 1 is 1.09 bits per heavy atom. The first-order valence-electron chi connectivity index (χ1n) is 7.71. The van der Waals surface area contributed by atoms with Crippen LogP contribution in [0.15, 0.2) is 59.6 Å². The maximum absolute atomic E-state index is 5.94. The second-order valence-electron chi connectivity index (χ2n) is 5.50. The molecule has 112 valence electrons. The molecule has 0 atom stereocenters. The summed E-state index contributed by atoms with van der Waals surface area (Å²) in [5.41, 5.74) is 11.0. The summed E-state index contributed by atoms with van der Waals surface area (Å²) in [6.45, 7) is 0.568. The van der Waals surface area contributed by atoms with Crippen molar-refractivity contribution in [2.24, 2.45) is 10.7 Å². The van der Waals surface area contributed by atoms with E-state index in [0.717, 1.165) is 5.69 Å². The van der Waals surface area contributed by atoms with E-state index in [0.29, 0.717) is 12.5 Å². The Hall–Kier alpha value is -2.55. The number of aryl methyl sites for hydroxylation is 2. The van der Waals surface area contributed by atoms with E-state index in [1.165, 1.54) is 36.0 Å². The van der Waals surface area contributed by atoms with Gasteiger partial charge < -0.3 is 11.1 Å². The Kier molecular flexibility index (Phi) is 4.54. The van der Waals surface area contributed by atoms with Gasteiger partial charge in [0.15, 0.2) is 5.96 Å². The van der Waals surface area contributed by atoms with E-state index < -0.39 is 0 Å². The minimum absolute atomic E-state index is 0.454. The number of nitrogens with zero attached hydrogens (tertiary/aromatic N) is 1. The molecular weight excluding hydrogens is 270 g/mol. The SMILES string of the molecule is NC(=NCC=Cc1ccccc1)Nc1ccc2c(c1)CCC2. The largest absolute Gasteiger partial charge is 0.370 e. The van der Waals surface area contributed by atoms with E-state index in [4.69, 9.17) is 5.73 Å². The standard InChI is InChI=1S/C19H21N3/c20-19(21-13-5-8-15-6-2-1-3-7-15)22-18-12-11-16-9-4-10-17(16)14-18/h1-3,5-8,11-12,14H,4,9-10,13H2,(H3,20,21,22). The normalized spacial score (nSPS) is 14.3. The predicted molar refractivity (Wildman–Crippen MR) is 94.1 cm³/mol. The van der Waals surface area contributed by atoms with Gasteiger partial charge in [-0.15, -0.1) is 0 Å². The molecule has 0 bridgehead atoms. The van der Waals surface area contributed by atoms with Crippen LogP contribution in [0.2, 0.25) is 0 Å². The highest BCUT2D eigenvalue weighted by Crippen LogP contribution is 2.24. The maximum Gasteiger partial charge on any atom is 0.193 e. The van der Waals surface area contributed by atoms with E-state index in [9.17, 15) is 0 Å². The van der Waals surface area contributed by atoms with Gasteiger partial charge in [0.05, 0.1) is 6.54 Å². The highest BCUT2D eigenvalue weighted by molar-refractivity contribution is 5.92. The highest BCUT2D eigenvalue weighted by atomic mass is 15.1. The molecule has 0 aromatic heterocycles. The molecule has 0 saturated carbocycles. The fourth-order valence-electron chi connectivity index (χ4n) is 2.74. The van der Waals surface area contributed by atoms with Gasteiger partial charge in [0.2, 0.25) is 0 Å². The van der Waals surface area contributed by atoms with Crippen LogP contribution in [0.4, 0.5) is 5.69 Å². The second kappa shape index (κ2) is 6.94. The third-order valence-electron chi connectivity index (χ3n) is 3.85. The summed E-state index contributed by atoms with van der Waals surface area (Å²) in [7, 11) is 0. The molecule has 1 aliphatic rings. The van der Waals surface area contributed by atoms with Crippen LogP contribution in [0, 0.1) is 0 Å². The molecule has 2 aromatic carbocycles. The average Bonchev–Trinajstić information content (AvgIpc) is 3.00. The smallest absolute Gasteiger partial charge is 0.193 e. The van der Waals surface area contributed by atoms with Crippen LogP contribution < -0.4 is 11.1 Å². The van der Waals surface area contributed by atoms with E-state index >= 15 is 0 Å². The first kappa shape index (κ1) is 14.4. The molecule has 0 amide bonds. The van der Waals surface area contributed by atoms with Crippen molar-refractivity contribution in [3.8, 4) is 0 Å². The Morgan fingerprint density at radius 3 is 2.77 bits per heavy atom. The molecule has 22 heavy (non-hydrogen) atoms. The molecule has 3 heteroatoms. The molecule has 1 aliphatic carbocycles. The van der Waals surface area contributed by atoms with Crippen molar-refractivity contribution in [3.63, 3.8) is 0 Å². The molecule has 0 fully saturated rings. The summed E-state index contributed by atoms with van der Waals surface area (Å²) in [6.07, 6.45) is 7.68. The lowest BCUT2D eigenvalue weighted by atomic mass is 10.1. The van der Waals surface area contributed by atoms with E-state index in [1.54, 1.807) is 0 Å². The van der Waals surface area contributed by atoms with E-state index in [1.807, 2.05) is 30.4 Å². The number of guanidine groups is 1. The minimum atomic E-state index is 0.454. The van der Waals surface area contributed by atoms with Crippen molar-refractivity contribution in [2.75, 3.05) is 11.9 Å². The van der Waals surface area contributed by atoms with Crippen LogP contribution in [0.3, 0.4) is 0 Å². The molecule has 2 aromatic rings. The van der Waals surface area contributed by atoms with Crippen LogP contribution >= 0.6 is 0 Å². The molecule has 0 heterocycles. The second-order valence-corrected chi connectivity index (χ2v) is 5.50. The molecule has 0 saturated heterocycles. The van der Waals surface area contributed by atoms with Gasteiger partial charge in [-0.05, 0) is 48.1 Å². The summed E-state index contributed by atoms with van der Waals surface area (Å²) in [5, 5.41) is 3.16. The van der Waals surface area contributed by atoms with Gasteiger partial charge in [-0.25, -0.2) is 4.99 Å². The number of rotatable bonds is 4. The monoisotopic (exact) mass is 291 g/mol. The van der Waals surface area contributed by atoms with Crippen molar-refractivity contribution in [3.05, 3.63) is 71.3 Å². The number of hydrogen-bond donors (Lipinski definition) is 2. The quantitative estimate of drug-likeness (QED) is 0.668. The first-order valence-corrected chi connectivity index (χ1v) is 7.71. The van der Waals surface area contributed by atoms with Gasteiger partial charge >= 0.3 is 0 Å². The van der Waals surface area contributed by atoms with Gasteiger partial charge in [0, 0.05) is 5.69 Å². The molecule has 0 spiro atoms. The number of anilines is 1. The summed E-state index contributed by atoms with van der Waals surface area (Å²) >= 11 is 0. The molecule has 0 unspecified atom stereocenters. The summed E-state index contributed by atoms with van der Waals surface area (Å²) in [5.74, 6) is 0.454. The maximum atomic E-state index is 5.94. The minimum Gasteiger partial charge on any atom is -0.370 e. The Labute approximate surface area is 131 Å². The van der Waals surface area contributed by atoms with Crippen molar-refractivity contribution < 1.29 is 0 Å². The number of benzene rings is 2. The lowest BCUT2D eigenvalue weighted by Gasteiger charge is -2.07. The molecule has 3 nitrogen and oxygen atoms in total. The van der Waals surface area contributed by atoms with Crippen LogP contribution in [-0.4, -0.2) is 12.5 Å². The first-order chi connectivity index (χ1) is 10.8. The van der Waals surface area contributed by atoms with Crippen molar-refractivity contribution in [1.82, 2.24) is 0 Å². The summed E-state index contributed by atoms with van der Waals surface area (Å²) in [6, 6.07) is 16.6. The van der Waals surface area contributed by atoms with E-state index in [2.05, 4.69) is 40.6 Å². The zero-order chi connectivity index (χ0) is 15.2. The van der Waals surface area contributed by atoms with Crippen LogP contribution in [0.1, 0.15) is 23.1 Å². The highest BCUT2D eigenvalue weighted by Gasteiger charge is 2.10. The number of hydrogen-bond acceptors (Lipinski definition) is 1. The summed E-state index contributed by atoms with van der Waals surface area (Å²) < 4.78 is 0. The third-order valence-corrected chi connectivity index (χ3v) is 3.85. The Morgan fingerprint density at radius 2 is 1.91 bits per heavy atom. The number of aliphatic imine (C=N–C) groups is 1. The van der Waals surface area contributed by atoms with Crippen molar-refractivity contribution in [1.29, 1.82) is 0 Å². The number of nitrogens with one attached hydrogen (secondary N) is 1. The molecule has 0 aliphatic heterocycles. The zero-order valence-corrected chi connectivity index (χ0v) is 12.6. The van der Waals surface area contributed by atoms with Crippen LogP contribution in [0.25, 0.3) is 6.08 Å². The number of fused-ring (bicyclic) bond motifs is 1. The lowest BCUT2D eigenvalue weighted by molar-refractivity contribution is 0.912. The van der Waals surface area contributed by atoms with Gasteiger partial charge in [-0.3, -0.25) is 0 Å². The Balaban J connectivity index is 1.55. The molecule has 3 N–H and O–H groups in total. The molecule has 3 rings (SSSR count). The fourth-order valence-corrected chi connectivity index (χ4v) is 2.74. The predicted octanol–water partition coefficient (Wildman–Crippen LogP) is 3.62. The fraction of sp³-hybridized carbons (Fsp3) is 0.211. The third kappa shape index (κ3) is 3.76. The zero-order valence-electron chi connectivity index (χ0n) is 12.6. The van der Waals surface area contributed by atoms with Crippen LogP contribution in [-0.2, 0) is 12.8 Å². The Bertz CT molecular complexity index is 687. The number of nitrogens with two attached hydrogens (primary N) is 1. The van der Waals surface area contributed by atoms with Gasteiger partial charge in [0.1, 0.15) is 0 Å². The lowest BCUT2D eigenvalue weighted by Crippen LogP contribution is -2.22. The van der Waals surface area contributed by atoms with Gasteiger partial charge in [-0.1, -0.05) is 48.6 Å². The van der Waals surface area contributed by atoms with E-state index in [-0.39, 0.29) is 0 Å². The van der Waals surface area contributed by atoms with Gasteiger partial charge in [0.25, 0.3) is 0 Å². The van der Waals surface area contributed by atoms with Crippen molar-refractivity contribution in [2.45, 2.75) is 19.3 Å². The molecular formula is C19H21N3. The topological polar surface area (TPSA) is 50.4 Å². The van der Waals surface area contributed by atoms with Crippen LogP contribution in [0.5, 0.6) is 0 Å². The van der Waals surface area contributed by atoms with Gasteiger partial charge in [-0.2, -0.15) is 0 Å². The average molecular weight is 291 g/mol. The van der Waals surface area contributed by atoms with Crippen molar-refractivity contribution >= 4 is 17.7 Å².